The molecule has 0 bridgehead atoms. The van der Waals surface area contributed by atoms with Crippen LogP contribution in [0.5, 0.6) is 11.5 Å². The van der Waals surface area contributed by atoms with Crippen molar-refractivity contribution in [1.82, 2.24) is 4.90 Å². The third kappa shape index (κ3) is 4.79. The zero-order valence-electron chi connectivity index (χ0n) is 21.2. The molecule has 0 aromatic heterocycles. The predicted octanol–water partition coefficient (Wildman–Crippen LogP) is 6.89. The molecule has 5 rings (SSSR count). The van der Waals surface area contributed by atoms with Gasteiger partial charge in [-0.1, -0.05) is 23.7 Å². The first-order valence-corrected chi connectivity index (χ1v) is 13.4. The minimum atomic E-state index is -0.470. The number of rotatable bonds is 7. The van der Waals surface area contributed by atoms with Gasteiger partial charge in [0.15, 0.2) is 23.1 Å². The van der Waals surface area contributed by atoms with Gasteiger partial charge in [0.25, 0.3) is 0 Å². The molecule has 0 fully saturated rings. The highest BCUT2D eigenvalue weighted by Crippen LogP contribution is 2.51. The van der Waals surface area contributed by atoms with Crippen LogP contribution in [0.15, 0.2) is 58.9 Å². The quantitative estimate of drug-likeness (QED) is 0.395. The molecule has 0 atom stereocenters. The zero-order chi connectivity index (χ0) is 26.1. The van der Waals surface area contributed by atoms with Gasteiger partial charge in [0.2, 0.25) is 0 Å². The van der Waals surface area contributed by atoms with Crippen molar-refractivity contribution in [1.29, 1.82) is 0 Å². The Kier molecular flexibility index (Phi) is 7.38. The fourth-order valence-corrected chi connectivity index (χ4v) is 6.15. The van der Waals surface area contributed by atoms with E-state index in [4.69, 9.17) is 21.1 Å². The van der Waals surface area contributed by atoms with Crippen molar-refractivity contribution in [3.05, 3.63) is 80.9 Å². The van der Waals surface area contributed by atoms with Gasteiger partial charge >= 0.3 is 0 Å². The summed E-state index contributed by atoms with van der Waals surface area (Å²) in [4.78, 5) is 28.9. The van der Waals surface area contributed by atoms with E-state index in [1.165, 1.54) is 12.1 Å². The number of ketones is 2. The maximum Gasteiger partial charge on any atom is 0.180 e. The maximum absolute atomic E-state index is 13.6. The average molecular weight is 524 g/mol. The summed E-state index contributed by atoms with van der Waals surface area (Å²) >= 11 is 6.77. The van der Waals surface area contributed by atoms with Crippen LogP contribution in [-0.2, 0) is 16.2 Å². The van der Waals surface area contributed by atoms with E-state index in [0.717, 1.165) is 49.2 Å². The highest BCUT2D eigenvalue weighted by molar-refractivity contribution is 6.32. The first kappa shape index (κ1) is 25.5. The predicted molar refractivity (Wildman–Crippen MR) is 140 cm³/mol. The Morgan fingerprint density at radius 2 is 1.62 bits per heavy atom. The van der Waals surface area contributed by atoms with Crippen molar-refractivity contribution in [3.63, 3.8) is 0 Å². The van der Waals surface area contributed by atoms with Crippen molar-refractivity contribution in [2.24, 2.45) is 0 Å². The normalized spacial score (nSPS) is 18.2. The minimum Gasteiger partial charge on any atom is -0.490 e. The van der Waals surface area contributed by atoms with E-state index in [1.807, 2.05) is 13.0 Å². The monoisotopic (exact) mass is 523 g/mol. The van der Waals surface area contributed by atoms with Gasteiger partial charge in [-0.25, -0.2) is 4.39 Å². The molecule has 1 heterocycles. The number of carbonyl (C=O) groups is 2. The molecule has 0 amide bonds. The minimum absolute atomic E-state index is 0.0927. The molecule has 0 saturated carbocycles. The van der Waals surface area contributed by atoms with Crippen molar-refractivity contribution in [3.8, 4) is 11.5 Å². The van der Waals surface area contributed by atoms with Crippen molar-refractivity contribution >= 4 is 23.2 Å². The second-order valence-corrected chi connectivity index (χ2v) is 10.0. The fourth-order valence-electron chi connectivity index (χ4n) is 5.87. The van der Waals surface area contributed by atoms with Gasteiger partial charge in [0.05, 0.1) is 11.6 Å². The molecule has 37 heavy (non-hydrogen) atoms. The SMILES string of the molecule is CCOc1cc(C2C3=C(CCCC3=O)N(CC)C3=C2C(=O)CCC3)cc(Cl)c1OCc1cccc(F)c1. The summed E-state index contributed by atoms with van der Waals surface area (Å²) in [6.45, 7) is 5.16. The Hall–Kier alpha value is -3.12. The molecule has 2 aromatic rings. The summed E-state index contributed by atoms with van der Waals surface area (Å²) in [6.07, 6.45) is 4.22. The number of carbonyl (C=O) groups excluding carboxylic acids is 2. The Bertz CT molecular complexity index is 1270. The second-order valence-electron chi connectivity index (χ2n) is 9.63. The van der Waals surface area contributed by atoms with E-state index in [2.05, 4.69) is 11.8 Å². The molecule has 0 radical (unpaired) electrons. The second kappa shape index (κ2) is 10.7. The van der Waals surface area contributed by atoms with Crippen molar-refractivity contribution in [2.75, 3.05) is 13.2 Å². The van der Waals surface area contributed by atoms with Crippen LogP contribution in [0.4, 0.5) is 4.39 Å². The number of ether oxygens (including phenoxy) is 2. The lowest BCUT2D eigenvalue weighted by Gasteiger charge is -2.43. The molecule has 0 N–H and O–H groups in total. The van der Waals surface area contributed by atoms with Gasteiger partial charge in [0.1, 0.15) is 12.4 Å². The molecule has 1 aliphatic heterocycles. The van der Waals surface area contributed by atoms with Gasteiger partial charge in [0, 0.05) is 47.8 Å². The van der Waals surface area contributed by atoms with Crippen LogP contribution in [0.25, 0.3) is 0 Å². The summed E-state index contributed by atoms with van der Waals surface area (Å²) in [7, 11) is 0. The van der Waals surface area contributed by atoms with E-state index in [0.29, 0.717) is 52.7 Å². The van der Waals surface area contributed by atoms with E-state index < -0.39 is 5.92 Å². The first-order valence-electron chi connectivity index (χ1n) is 13.1. The molecular formula is C30H31ClFNO4. The third-order valence-corrected chi connectivity index (χ3v) is 7.62. The summed E-state index contributed by atoms with van der Waals surface area (Å²) in [6, 6.07) is 9.83. The van der Waals surface area contributed by atoms with Crippen LogP contribution in [0.1, 0.15) is 69.4 Å². The topological polar surface area (TPSA) is 55.8 Å². The van der Waals surface area contributed by atoms with Crippen LogP contribution in [0, 0.1) is 5.82 Å². The van der Waals surface area contributed by atoms with Gasteiger partial charge in [-0.3, -0.25) is 9.59 Å². The first-order chi connectivity index (χ1) is 17.9. The fraction of sp³-hybridized carbons (Fsp3) is 0.400. The molecule has 2 aliphatic carbocycles. The Labute approximate surface area is 221 Å². The molecular weight excluding hydrogens is 493 g/mol. The lowest BCUT2D eigenvalue weighted by molar-refractivity contribution is -0.117. The van der Waals surface area contributed by atoms with E-state index in [9.17, 15) is 14.0 Å². The molecule has 5 nitrogen and oxygen atoms in total. The Balaban J connectivity index is 1.61. The number of benzene rings is 2. The van der Waals surface area contributed by atoms with Gasteiger partial charge in [-0.05, 0) is 74.9 Å². The largest absolute Gasteiger partial charge is 0.490 e. The number of halogens is 2. The maximum atomic E-state index is 13.6. The summed E-state index contributed by atoms with van der Waals surface area (Å²) in [5.74, 6) is 0.173. The molecule has 194 valence electrons. The number of hydrogen-bond donors (Lipinski definition) is 0. The zero-order valence-corrected chi connectivity index (χ0v) is 22.0. The smallest absolute Gasteiger partial charge is 0.180 e. The highest BCUT2D eigenvalue weighted by atomic mass is 35.5. The van der Waals surface area contributed by atoms with E-state index in [-0.39, 0.29) is 24.0 Å². The highest BCUT2D eigenvalue weighted by Gasteiger charge is 2.43. The van der Waals surface area contributed by atoms with Crippen molar-refractivity contribution < 1.29 is 23.5 Å². The summed E-state index contributed by atoms with van der Waals surface area (Å²) < 4.78 is 25.6. The van der Waals surface area contributed by atoms with Crippen LogP contribution in [0.2, 0.25) is 5.02 Å². The lowest BCUT2D eigenvalue weighted by Crippen LogP contribution is -2.39. The number of nitrogens with zero attached hydrogens (tertiary/aromatic N) is 1. The molecule has 3 aliphatic rings. The van der Waals surface area contributed by atoms with Crippen molar-refractivity contribution in [2.45, 2.75) is 64.9 Å². The van der Waals surface area contributed by atoms with Crippen LogP contribution < -0.4 is 9.47 Å². The standard InChI is InChI=1S/C30H31ClFNO4/c1-3-33-22-10-6-12-24(34)28(22)27(29-23(33)11-7-13-25(29)35)19-15-21(31)30(26(16-19)36-4-2)37-17-18-8-5-9-20(32)14-18/h5,8-9,14-16,27H,3-4,6-7,10-13,17H2,1-2H3. The Morgan fingerprint density at radius 1 is 0.946 bits per heavy atom. The van der Waals surface area contributed by atoms with Gasteiger partial charge in [-0.2, -0.15) is 0 Å². The number of hydrogen-bond acceptors (Lipinski definition) is 5. The molecule has 0 spiro atoms. The molecule has 2 aromatic carbocycles. The number of Topliss-reactive ketones (excluding diaryl/α,β-unsaturated/α-hetero) is 2. The average Bonchev–Trinajstić information content (AvgIpc) is 2.87. The molecule has 0 unspecified atom stereocenters. The molecule has 7 heteroatoms. The third-order valence-electron chi connectivity index (χ3n) is 7.34. The van der Waals surface area contributed by atoms with Crippen LogP contribution in [-0.4, -0.2) is 29.6 Å². The van der Waals surface area contributed by atoms with Gasteiger partial charge in [-0.15, -0.1) is 0 Å². The van der Waals surface area contributed by atoms with Crippen LogP contribution >= 0.6 is 11.6 Å². The molecule has 0 saturated heterocycles. The lowest BCUT2D eigenvalue weighted by atomic mass is 9.71. The van der Waals surface area contributed by atoms with Crippen LogP contribution in [0.3, 0.4) is 0 Å². The van der Waals surface area contributed by atoms with Gasteiger partial charge < -0.3 is 14.4 Å². The Morgan fingerprint density at radius 3 is 2.22 bits per heavy atom. The summed E-state index contributed by atoms with van der Waals surface area (Å²) in [5.41, 5.74) is 4.94. The summed E-state index contributed by atoms with van der Waals surface area (Å²) in [5, 5.41) is 0.325. The number of allylic oxidation sites excluding steroid dienone is 4. The van der Waals surface area contributed by atoms with E-state index in [1.54, 1.807) is 18.2 Å². The van der Waals surface area contributed by atoms with E-state index >= 15 is 0 Å².